The van der Waals surface area contributed by atoms with E-state index in [2.05, 4.69) is 0 Å². The van der Waals surface area contributed by atoms with Gasteiger partial charge in [-0.15, -0.1) is 0 Å². The highest BCUT2D eigenvalue weighted by molar-refractivity contribution is 5.39. The molecule has 0 radical (unpaired) electrons. The summed E-state index contributed by atoms with van der Waals surface area (Å²) in [5, 5.41) is 0. The minimum atomic E-state index is -0.279. The van der Waals surface area contributed by atoms with Crippen molar-refractivity contribution in [2.45, 2.75) is 49.9 Å². The lowest BCUT2D eigenvalue weighted by Gasteiger charge is -2.45. The molecule has 0 amide bonds. The Morgan fingerprint density at radius 1 is 1.42 bits per heavy atom. The second-order valence-electron chi connectivity index (χ2n) is 5.73. The smallest absolute Gasteiger partial charge is 0.127 e. The van der Waals surface area contributed by atoms with Crippen LogP contribution in [0.3, 0.4) is 0 Å². The molecule has 1 aromatic rings. The van der Waals surface area contributed by atoms with Crippen molar-refractivity contribution >= 4 is 0 Å². The fourth-order valence-electron chi connectivity index (χ4n) is 3.44. The average molecular weight is 265 g/mol. The number of ether oxygens (including phenoxy) is 2. The fourth-order valence-corrected chi connectivity index (χ4v) is 3.44. The predicted molar refractivity (Wildman–Crippen MR) is 70.6 cm³/mol. The Hall–Kier alpha value is -1.13. The first-order chi connectivity index (χ1) is 9.12. The Kier molecular flexibility index (Phi) is 3.23. The number of halogens is 1. The third-order valence-corrected chi connectivity index (χ3v) is 4.38. The van der Waals surface area contributed by atoms with Gasteiger partial charge in [-0.1, -0.05) is 6.07 Å². The van der Waals surface area contributed by atoms with Crippen molar-refractivity contribution < 1.29 is 13.9 Å². The van der Waals surface area contributed by atoms with Crippen molar-refractivity contribution in [1.29, 1.82) is 0 Å². The zero-order valence-electron chi connectivity index (χ0n) is 11.2. The van der Waals surface area contributed by atoms with Gasteiger partial charge in [-0.25, -0.2) is 4.39 Å². The van der Waals surface area contributed by atoms with Gasteiger partial charge in [0.1, 0.15) is 17.2 Å². The zero-order valence-corrected chi connectivity index (χ0v) is 11.2. The second-order valence-corrected chi connectivity index (χ2v) is 5.73. The van der Waals surface area contributed by atoms with Gasteiger partial charge in [0.25, 0.3) is 0 Å². The average Bonchev–Trinajstić information content (AvgIpc) is 2.38. The maximum absolute atomic E-state index is 13.4. The van der Waals surface area contributed by atoms with Gasteiger partial charge < -0.3 is 15.2 Å². The van der Waals surface area contributed by atoms with E-state index < -0.39 is 0 Å². The molecule has 2 N–H and O–H groups in total. The van der Waals surface area contributed by atoms with Crippen LogP contribution < -0.4 is 10.5 Å². The molecular weight excluding hydrogens is 245 g/mol. The van der Waals surface area contributed by atoms with Crippen molar-refractivity contribution in [2.75, 3.05) is 7.11 Å². The van der Waals surface area contributed by atoms with Gasteiger partial charge in [0.05, 0.1) is 6.10 Å². The summed E-state index contributed by atoms with van der Waals surface area (Å²) in [6.45, 7) is 0. The molecule has 1 spiro atoms. The summed E-state index contributed by atoms with van der Waals surface area (Å²) in [5.41, 5.74) is 6.88. The molecule has 3 rings (SSSR count). The van der Waals surface area contributed by atoms with Crippen LogP contribution in [0, 0.1) is 5.82 Å². The Bertz CT molecular complexity index is 479. The molecule has 0 aromatic heterocycles. The number of methoxy groups -OCH3 is 1. The molecule has 1 heterocycles. The number of nitrogens with two attached hydrogens (primary N) is 1. The van der Waals surface area contributed by atoms with Gasteiger partial charge in [-0.05, 0) is 25.3 Å². The molecular formula is C15H20FNO2. The first kappa shape index (κ1) is 12.9. The summed E-state index contributed by atoms with van der Waals surface area (Å²) in [6.07, 6.45) is 4.94. The fraction of sp³-hybridized carbons (Fsp3) is 0.600. The van der Waals surface area contributed by atoms with E-state index in [-0.39, 0.29) is 23.6 Å². The lowest BCUT2D eigenvalue weighted by molar-refractivity contribution is -0.0579. The van der Waals surface area contributed by atoms with Crippen LogP contribution in [0.15, 0.2) is 18.2 Å². The highest BCUT2D eigenvalue weighted by Crippen LogP contribution is 2.45. The van der Waals surface area contributed by atoms with Gasteiger partial charge in [-0.2, -0.15) is 0 Å². The molecule has 3 nitrogen and oxygen atoms in total. The Labute approximate surface area is 112 Å². The number of fused-ring (bicyclic) bond motifs is 1. The first-order valence-electron chi connectivity index (χ1n) is 6.89. The van der Waals surface area contributed by atoms with E-state index in [1.165, 1.54) is 12.1 Å². The molecule has 0 saturated heterocycles. The van der Waals surface area contributed by atoms with Crippen LogP contribution >= 0.6 is 0 Å². The van der Waals surface area contributed by atoms with Crippen molar-refractivity contribution in [1.82, 2.24) is 0 Å². The molecule has 4 heteroatoms. The van der Waals surface area contributed by atoms with E-state index in [1.807, 2.05) is 0 Å². The molecule has 2 unspecified atom stereocenters. The predicted octanol–water partition coefficient (Wildman–Crippen LogP) is 2.94. The highest BCUT2D eigenvalue weighted by atomic mass is 19.1. The van der Waals surface area contributed by atoms with E-state index in [0.29, 0.717) is 5.75 Å². The lowest BCUT2D eigenvalue weighted by Crippen LogP contribution is -2.48. The normalized spacial score (nSPS) is 33.8. The number of hydrogen-bond acceptors (Lipinski definition) is 3. The summed E-state index contributed by atoms with van der Waals surface area (Å²) >= 11 is 0. The molecule has 1 aliphatic carbocycles. The molecule has 1 saturated carbocycles. The summed E-state index contributed by atoms with van der Waals surface area (Å²) in [5.74, 6) is 0.331. The van der Waals surface area contributed by atoms with E-state index in [0.717, 1.165) is 37.7 Å². The summed E-state index contributed by atoms with van der Waals surface area (Å²) in [7, 11) is 1.74. The lowest BCUT2D eigenvalue weighted by atomic mass is 9.76. The molecule has 2 aliphatic rings. The maximum Gasteiger partial charge on any atom is 0.127 e. The quantitative estimate of drug-likeness (QED) is 0.849. The van der Waals surface area contributed by atoms with Crippen molar-refractivity contribution in [3.05, 3.63) is 29.6 Å². The van der Waals surface area contributed by atoms with Gasteiger partial charge >= 0.3 is 0 Å². The topological polar surface area (TPSA) is 44.5 Å². The molecule has 0 bridgehead atoms. The van der Waals surface area contributed by atoms with Crippen molar-refractivity contribution in [2.24, 2.45) is 5.73 Å². The molecule has 19 heavy (non-hydrogen) atoms. The van der Waals surface area contributed by atoms with Crippen LogP contribution in [0.2, 0.25) is 0 Å². The van der Waals surface area contributed by atoms with E-state index >= 15 is 0 Å². The third kappa shape index (κ3) is 2.35. The Balaban J connectivity index is 1.90. The standard InChI is InChI=1S/C15H20FNO2/c1-18-11-3-2-6-15(8-11)9-13(17)12-5-4-10(16)7-14(12)19-15/h4-5,7,11,13H,2-3,6,8-9,17H2,1H3/t11?,13-,15?/m1/s1. The van der Waals surface area contributed by atoms with E-state index in [9.17, 15) is 4.39 Å². The van der Waals surface area contributed by atoms with Crippen LogP contribution in [0.5, 0.6) is 5.75 Å². The third-order valence-electron chi connectivity index (χ3n) is 4.38. The number of rotatable bonds is 1. The Morgan fingerprint density at radius 2 is 2.26 bits per heavy atom. The minimum Gasteiger partial charge on any atom is -0.487 e. The first-order valence-corrected chi connectivity index (χ1v) is 6.89. The number of hydrogen-bond donors (Lipinski definition) is 1. The zero-order chi connectivity index (χ0) is 13.5. The van der Waals surface area contributed by atoms with Crippen molar-refractivity contribution in [3.63, 3.8) is 0 Å². The van der Waals surface area contributed by atoms with Crippen molar-refractivity contribution in [3.8, 4) is 5.75 Å². The number of benzene rings is 1. The van der Waals surface area contributed by atoms with Gasteiger partial charge in [0.2, 0.25) is 0 Å². The minimum absolute atomic E-state index is 0.0834. The van der Waals surface area contributed by atoms with Crippen LogP contribution in [-0.2, 0) is 4.74 Å². The largest absolute Gasteiger partial charge is 0.487 e. The molecule has 1 fully saturated rings. The monoisotopic (exact) mass is 265 g/mol. The summed E-state index contributed by atoms with van der Waals surface area (Å²) < 4.78 is 25.0. The Morgan fingerprint density at radius 3 is 3.05 bits per heavy atom. The van der Waals surface area contributed by atoms with Gasteiger partial charge in [0.15, 0.2) is 0 Å². The molecule has 1 aromatic carbocycles. The van der Waals surface area contributed by atoms with Crippen LogP contribution in [0.25, 0.3) is 0 Å². The molecule has 104 valence electrons. The van der Waals surface area contributed by atoms with E-state index in [1.54, 1.807) is 13.2 Å². The van der Waals surface area contributed by atoms with Gasteiger partial charge in [0, 0.05) is 37.6 Å². The van der Waals surface area contributed by atoms with Crippen LogP contribution in [0.4, 0.5) is 4.39 Å². The SMILES string of the molecule is COC1CCCC2(C1)C[C@@H](N)c1ccc(F)cc1O2. The van der Waals surface area contributed by atoms with Gasteiger partial charge in [-0.3, -0.25) is 0 Å². The summed E-state index contributed by atoms with van der Waals surface area (Å²) in [6, 6.07) is 4.55. The second kappa shape index (κ2) is 4.76. The molecule has 1 aliphatic heterocycles. The highest BCUT2D eigenvalue weighted by Gasteiger charge is 2.43. The molecule has 3 atom stereocenters. The van der Waals surface area contributed by atoms with Crippen LogP contribution in [0.1, 0.15) is 43.7 Å². The van der Waals surface area contributed by atoms with E-state index in [4.69, 9.17) is 15.2 Å². The van der Waals surface area contributed by atoms with Crippen LogP contribution in [-0.4, -0.2) is 18.8 Å². The summed E-state index contributed by atoms with van der Waals surface area (Å²) in [4.78, 5) is 0. The maximum atomic E-state index is 13.4.